The SMILES string of the molecule is COc1cc(NCC2(N)CCC2)nc(C)n1. The molecule has 0 amide bonds. The predicted molar refractivity (Wildman–Crippen MR) is 62.6 cm³/mol. The van der Waals surface area contributed by atoms with Gasteiger partial charge in [-0.05, 0) is 26.2 Å². The molecule has 0 aliphatic heterocycles. The van der Waals surface area contributed by atoms with Crippen LogP contribution >= 0.6 is 0 Å². The quantitative estimate of drug-likeness (QED) is 0.797. The van der Waals surface area contributed by atoms with Gasteiger partial charge in [0.15, 0.2) is 0 Å². The van der Waals surface area contributed by atoms with Gasteiger partial charge in [0.2, 0.25) is 5.88 Å². The summed E-state index contributed by atoms with van der Waals surface area (Å²) in [6, 6.07) is 1.79. The molecule has 0 radical (unpaired) electrons. The highest BCUT2D eigenvalue weighted by Gasteiger charge is 2.32. The molecule has 88 valence electrons. The third-order valence-corrected chi connectivity index (χ3v) is 2.99. The maximum absolute atomic E-state index is 6.12. The molecule has 1 aliphatic carbocycles. The van der Waals surface area contributed by atoms with Crippen LogP contribution in [0.2, 0.25) is 0 Å². The lowest BCUT2D eigenvalue weighted by molar-refractivity contribution is 0.265. The van der Waals surface area contributed by atoms with Gasteiger partial charge in [0.25, 0.3) is 0 Å². The van der Waals surface area contributed by atoms with Crippen molar-refractivity contribution in [2.24, 2.45) is 5.73 Å². The van der Waals surface area contributed by atoms with Crippen LogP contribution in [0.25, 0.3) is 0 Å². The lowest BCUT2D eigenvalue weighted by Crippen LogP contribution is -2.52. The molecule has 5 heteroatoms. The predicted octanol–water partition coefficient (Wildman–Crippen LogP) is 1.09. The number of nitrogens with zero attached hydrogens (tertiary/aromatic N) is 2. The molecule has 1 aromatic heterocycles. The monoisotopic (exact) mass is 222 g/mol. The molecule has 1 heterocycles. The third-order valence-electron chi connectivity index (χ3n) is 2.99. The number of ether oxygens (including phenoxy) is 1. The highest BCUT2D eigenvalue weighted by molar-refractivity contribution is 5.39. The van der Waals surface area contributed by atoms with Crippen LogP contribution in [0.15, 0.2) is 6.07 Å². The fourth-order valence-electron chi connectivity index (χ4n) is 1.81. The van der Waals surface area contributed by atoms with Gasteiger partial charge in [0.1, 0.15) is 11.6 Å². The summed E-state index contributed by atoms with van der Waals surface area (Å²) in [6.07, 6.45) is 3.40. The number of hydrogen-bond donors (Lipinski definition) is 2. The van der Waals surface area contributed by atoms with Crippen molar-refractivity contribution < 1.29 is 4.74 Å². The second kappa shape index (κ2) is 4.25. The molecule has 0 unspecified atom stereocenters. The summed E-state index contributed by atoms with van der Waals surface area (Å²) in [5.74, 6) is 2.05. The number of methoxy groups -OCH3 is 1. The number of hydrogen-bond acceptors (Lipinski definition) is 5. The Morgan fingerprint density at radius 1 is 1.50 bits per heavy atom. The standard InChI is InChI=1S/C11H18N4O/c1-8-14-9(6-10(15-8)16-2)13-7-11(12)4-3-5-11/h6H,3-5,7,12H2,1-2H3,(H,13,14,15). The van der Waals surface area contributed by atoms with Crippen LogP contribution in [0.3, 0.4) is 0 Å². The second-order valence-electron chi connectivity index (χ2n) is 4.41. The van der Waals surface area contributed by atoms with E-state index in [1.54, 1.807) is 13.2 Å². The Labute approximate surface area is 95.4 Å². The Hall–Kier alpha value is -1.36. The zero-order valence-electron chi connectivity index (χ0n) is 9.79. The summed E-state index contributed by atoms with van der Waals surface area (Å²) in [5.41, 5.74) is 6.07. The van der Waals surface area contributed by atoms with Crippen LogP contribution in [0.5, 0.6) is 5.88 Å². The molecule has 1 aromatic rings. The van der Waals surface area contributed by atoms with Crippen LogP contribution in [0.1, 0.15) is 25.1 Å². The minimum absolute atomic E-state index is 0.0495. The van der Waals surface area contributed by atoms with Crippen molar-refractivity contribution in [2.75, 3.05) is 19.0 Å². The Morgan fingerprint density at radius 3 is 2.81 bits per heavy atom. The van der Waals surface area contributed by atoms with Gasteiger partial charge in [-0.15, -0.1) is 0 Å². The van der Waals surface area contributed by atoms with Crippen LogP contribution in [-0.2, 0) is 0 Å². The Bertz CT molecular complexity index is 376. The normalized spacial score (nSPS) is 17.7. The van der Waals surface area contributed by atoms with Crippen LogP contribution in [0, 0.1) is 6.92 Å². The molecule has 1 fully saturated rings. The first-order valence-electron chi connectivity index (χ1n) is 5.54. The zero-order valence-corrected chi connectivity index (χ0v) is 9.79. The summed E-state index contributed by atoms with van der Waals surface area (Å²) in [7, 11) is 1.60. The van der Waals surface area contributed by atoms with Gasteiger partial charge in [-0.1, -0.05) is 0 Å². The van der Waals surface area contributed by atoms with E-state index in [0.717, 1.165) is 25.2 Å². The molecule has 2 rings (SSSR count). The minimum atomic E-state index is -0.0495. The third kappa shape index (κ3) is 2.41. The highest BCUT2D eigenvalue weighted by Crippen LogP contribution is 2.29. The largest absolute Gasteiger partial charge is 0.481 e. The molecule has 3 N–H and O–H groups in total. The summed E-state index contributed by atoms with van der Waals surface area (Å²) in [4.78, 5) is 8.41. The highest BCUT2D eigenvalue weighted by atomic mass is 16.5. The van der Waals surface area contributed by atoms with E-state index in [1.165, 1.54) is 6.42 Å². The first kappa shape index (κ1) is 11.1. The molecule has 0 bridgehead atoms. The van der Waals surface area contributed by atoms with Crippen molar-refractivity contribution in [2.45, 2.75) is 31.7 Å². The smallest absolute Gasteiger partial charge is 0.218 e. The van der Waals surface area contributed by atoms with Crippen molar-refractivity contribution in [1.29, 1.82) is 0 Å². The molecular weight excluding hydrogens is 204 g/mol. The van der Waals surface area contributed by atoms with Crippen molar-refractivity contribution in [1.82, 2.24) is 9.97 Å². The van der Waals surface area contributed by atoms with Gasteiger partial charge in [-0.2, -0.15) is 4.98 Å². The first-order valence-corrected chi connectivity index (χ1v) is 5.54. The molecule has 0 aromatic carbocycles. The van der Waals surface area contributed by atoms with Crippen molar-refractivity contribution in [3.05, 3.63) is 11.9 Å². The van der Waals surface area contributed by atoms with Crippen molar-refractivity contribution in [3.8, 4) is 5.88 Å². The van der Waals surface area contributed by atoms with Crippen LogP contribution in [0.4, 0.5) is 5.82 Å². The summed E-state index contributed by atoms with van der Waals surface area (Å²) in [5, 5.41) is 3.25. The summed E-state index contributed by atoms with van der Waals surface area (Å²) < 4.78 is 5.09. The van der Waals surface area contributed by atoms with Crippen LogP contribution in [-0.4, -0.2) is 29.2 Å². The zero-order chi connectivity index (χ0) is 11.6. The molecular formula is C11H18N4O. The fraction of sp³-hybridized carbons (Fsp3) is 0.636. The number of aromatic nitrogens is 2. The average Bonchev–Trinajstić information content (AvgIpc) is 2.23. The molecule has 1 saturated carbocycles. The van der Waals surface area contributed by atoms with Gasteiger partial charge in [0.05, 0.1) is 7.11 Å². The topological polar surface area (TPSA) is 73.1 Å². The average molecular weight is 222 g/mol. The number of aryl methyl sites for hydroxylation is 1. The van der Waals surface area contributed by atoms with Gasteiger partial charge >= 0.3 is 0 Å². The van der Waals surface area contributed by atoms with E-state index in [0.29, 0.717) is 11.7 Å². The van der Waals surface area contributed by atoms with Gasteiger partial charge in [-0.25, -0.2) is 4.98 Å². The summed E-state index contributed by atoms with van der Waals surface area (Å²) in [6.45, 7) is 2.60. The number of anilines is 1. The molecule has 1 aliphatic rings. The fourth-order valence-corrected chi connectivity index (χ4v) is 1.81. The number of nitrogens with two attached hydrogens (primary N) is 1. The van der Waals surface area contributed by atoms with Gasteiger partial charge in [-0.3, -0.25) is 0 Å². The van der Waals surface area contributed by atoms with E-state index in [9.17, 15) is 0 Å². The van der Waals surface area contributed by atoms with E-state index in [-0.39, 0.29) is 5.54 Å². The van der Waals surface area contributed by atoms with E-state index in [1.807, 2.05) is 6.92 Å². The minimum Gasteiger partial charge on any atom is -0.481 e. The van der Waals surface area contributed by atoms with Gasteiger partial charge < -0.3 is 15.8 Å². The van der Waals surface area contributed by atoms with E-state index < -0.39 is 0 Å². The maximum atomic E-state index is 6.12. The molecule has 0 saturated heterocycles. The lowest BCUT2D eigenvalue weighted by atomic mass is 9.78. The van der Waals surface area contributed by atoms with E-state index in [2.05, 4.69) is 15.3 Å². The molecule has 16 heavy (non-hydrogen) atoms. The van der Waals surface area contributed by atoms with E-state index in [4.69, 9.17) is 10.5 Å². The number of rotatable bonds is 4. The van der Waals surface area contributed by atoms with E-state index >= 15 is 0 Å². The second-order valence-corrected chi connectivity index (χ2v) is 4.41. The Balaban J connectivity index is 2.00. The van der Waals surface area contributed by atoms with Gasteiger partial charge in [0, 0.05) is 18.2 Å². The Kier molecular flexibility index (Phi) is 2.96. The maximum Gasteiger partial charge on any atom is 0.218 e. The first-order chi connectivity index (χ1) is 7.61. The lowest BCUT2D eigenvalue weighted by Gasteiger charge is -2.38. The Morgan fingerprint density at radius 2 is 2.25 bits per heavy atom. The number of nitrogens with one attached hydrogen (secondary N) is 1. The van der Waals surface area contributed by atoms with Crippen molar-refractivity contribution in [3.63, 3.8) is 0 Å². The molecule has 0 atom stereocenters. The molecule has 5 nitrogen and oxygen atoms in total. The van der Waals surface area contributed by atoms with Crippen LogP contribution < -0.4 is 15.8 Å². The van der Waals surface area contributed by atoms with Crippen molar-refractivity contribution >= 4 is 5.82 Å². The molecule has 0 spiro atoms. The summed E-state index contributed by atoms with van der Waals surface area (Å²) >= 11 is 0.